The average Bonchev–Trinajstić information content (AvgIpc) is 3.28. The van der Waals surface area contributed by atoms with E-state index in [9.17, 15) is 0 Å². The fraction of sp³-hybridized carbons (Fsp3) is 0.240. The molecule has 0 saturated carbocycles. The van der Waals surface area contributed by atoms with E-state index in [-0.39, 0.29) is 6.04 Å². The molecular formula is C25H27N5O2. The van der Waals surface area contributed by atoms with Gasteiger partial charge in [0.25, 0.3) is 0 Å². The first kappa shape index (κ1) is 21.5. The van der Waals surface area contributed by atoms with Gasteiger partial charge in [0.05, 0.1) is 25.9 Å². The van der Waals surface area contributed by atoms with Crippen LogP contribution in [0.2, 0.25) is 0 Å². The highest BCUT2D eigenvalue weighted by Gasteiger charge is 2.27. The number of hydrogen-bond acceptors (Lipinski definition) is 6. The highest BCUT2D eigenvalue weighted by atomic mass is 16.5. The molecule has 0 saturated heterocycles. The molecule has 3 aromatic carbocycles. The first-order valence-electron chi connectivity index (χ1n) is 10.4. The van der Waals surface area contributed by atoms with Crippen molar-refractivity contribution < 1.29 is 9.47 Å². The van der Waals surface area contributed by atoms with Gasteiger partial charge in [0.1, 0.15) is 11.5 Å². The minimum Gasteiger partial charge on any atom is -0.497 e. The van der Waals surface area contributed by atoms with Crippen molar-refractivity contribution in [3.05, 3.63) is 95.3 Å². The summed E-state index contributed by atoms with van der Waals surface area (Å²) in [6.07, 6.45) is 0. The zero-order valence-corrected chi connectivity index (χ0v) is 18.8. The lowest BCUT2D eigenvalue weighted by Crippen LogP contribution is -2.28. The topological polar surface area (TPSA) is 65.3 Å². The van der Waals surface area contributed by atoms with Gasteiger partial charge in [0.15, 0.2) is 5.82 Å². The zero-order chi connectivity index (χ0) is 22.5. The standard InChI is InChI=1S/C25H27N5O2/c1-18-10-8-9-13-23(18)30-25(26-27-28-30)24(20-11-6-5-7-12-20)29(2)17-19-14-21(31-3)16-22(15-19)32-4/h5-16,24H,17H2,1-4H3/t24-/m0/s1. The predicted octanol–water partition coefficient (Wildman–Crippen LogP) is 4.21. The summed E-state index contributed by atoms with van der Waals surface area (Å²) in [7, 11) is 5.39. The van der Waals surface area contributed by atoms with Gasteiger partial charge in [0.2, 0.25) is 0 Å². The Morgan fingerprint density at radius 1 is 0.906 bits per heavy atom. The number of methoxy groups -OCH3 is 2. The molecular weight excluding hydrogens is 402 g/mol. The molecule has 0 aliphatic heterocycles. The zero-order valence-electron chi connectivity index (χ0n) is 18.8. The number of ether oxygens (including phenoxy) is 2. The Balaban J connectivity index is 1.76. The lowest BCUT2D eigenvalue weighted by molar-refractivity contribution is 0.257. The van der Waals surface area contributed by atoms with Crippen LogP contribution in [-0.2, 0) is 6.54 Å². The predicted molar refractivity (Wildman–Crippen MR) is 123 cm³/mol. The van der Waals surface area contributed by atoms with Crippen LogP contribution in [0, 0.1) is 6.92 Å². The van der Waals surface area contributed by atoms with E-state index in [0.717, 1.165) is 39.7 Å². The Labute approximate surface area is 188 Å². The van der Waals surface area contributed by atoms with Crippen molar-refractivity contribution >= 4 is 0 Å². The van der Waals surface area contributed by atoms with E-state index in [0.29, 0.717) is 6.54 Å². The molecule has 4 aromatic rings. The highest BCUT2D eigenvalue weighted by molar-refractivity contribution is 5.41. The van der Waals surface area contributed by atoms with Gasteiger partial charge in [-0.25, -0.2) is 0 Å². The van der Waals surface area contributed by atoms with Crippen LogP contribution in [0.1, 0.15) is 28.6 Å². The fourth-order valence-corrected chi connectivity index (χ4v) is 3.91. The van der Waals surface area contributed by atoms with Gasteiger partial charge >= 0.3 is 0 Å². The molecule has 164 valence electrons. The van der Waals surface area contributed by atoms with Gasteiger partial charge in [-0.05, 0) is 59.3 Å². The summed E-state index contributed by atoms with van der Waals surface area (Å²) < 4.78 is 12.7. The number of aryl methyl sites for hydroxylation is 1. The number of nitrogens with zero attached hydrogens (tertiary/aromatic N) is 5. The molecule has 0 aliphatic carbocycles. The molecule has 0 unspecified atom stereocenters. The molecule has 1 heterocycles. The van der Waals surface area contributed by atoms with E-state index >= 15 is 0 Å². The maximum atomic E-state index is 5.45. The molecule has 0 fully saturated rings. The summed E-state index contributed by atoms with van der Waals surface area (Å²) in [5.41, 5.74) is 4.24. The van der Waals surface area contributed by atoms with Crippen molar-refractivity contribution in [3.8, 4) is 17.2 Å². The molecule has 7 nitrogen and oxygen atoms in total. The van der Waals surface area contributed by atoms with Crippen molar-refractivity contribution in [3.63, 3.8) is 0 Å². The van der Waals surface area contributed by atoms with Crippen LogP contribution in [0.3, 0.4) is 0 Å². The van der Waals surface area contributed by atoms with E-state index in [1.807, 2.05) is 59.3 Å². The van der Waals surface area contributed by atoms with Crippen LogP contribution in [0.5, 0.6) is 11.5 Å². The number of benzene rings is 3. The molecule has 4 rings (SSSR count). The van der Waals surface area contributed by atoms with Gasteiger partial charge < -0.3 is 9.47 Å². The van der Waals surface area contributed by atoms with Crippen LogP contribution >= 0.6 is 0 Å². The second-order valence-corrected chi connectivity index (χ2v) is 7.68. The van der Waals surface area contributed by atoms with Crippen LogP contribution < -0.4 is 9.47 Å². The summed E-state index contributed by atoms with van der Waals surface area (Å²) in [6, 6.07) is 24.1. The lowest BCUT2D eigenvalue weighted by Gasteiger charge is -2.28. The third-order valence-corrected chi connectivity index (χ3v) is 5.48. The Kier molecular flexibility index (Phi) is 6.47. The molecule has 0 aliphatic rings. The van der Waals surface area contributed by atoms with E-state index in [1.54, 1.807) is 14.2 Å². The second kappa shape index (κ2) is 9.62. The monoisotopic (exact) mass is 429 g/mol. The number of para-hydroxylation sites is 1. The molecule has 1 atom stereocenters. The van der Waals surface area contributed by atoms with Crippen molar-refractivity contribution in [1.82, 2.24) is 25.1 Å². The highest BCUT2D eigenvalue weighted by Crippen LogP contribution is 2.31. The average molecular weight is 430 g/mol. The Bertz CT molecular complexity index is 1150. The summed E-state index contributed by atoms with van der Waals surface area (Å²) in [6.45, 7) is 2.71. The van der Waals surface area contributed by atoms with E-state index < -0.39 is 0 Å². The minimum atomic E-state index is -0.164. The van der Waals surface area contributed by atoms with E-state index in [2.05, 4.69) is 52.6 Å². The van der Waals surface area contributed by atoms with Crippen LogP contribution in [-0.4, -0.2) is 46.4 Å². The fourth-order valence-electron chi connectivity index (χ4n) is 3.91. The maximum Gasteiger partial charge on any atom is 0.178 e. The molecule has 0 amide bonds. The Morgan fingerprint density at radius 3 is 2.22 bits per heavy atom. The van der Waals surface area contributed by atoms with Crippen LogP contribution in [0.4, 0.5) is 0 Å². The van der Waals surface area contributed by atoms with Crippen molar-refractivity contribution in [2.45, 2.75) is 19.5 Å². The second-order valence-electron chi connectivity index (χ2n) is 7.68. The van der Waals surface area contributed by atoms with Crippen molar-refractivity contribution in [2.24, 2.45) is 0 Å². The summed E-state index contributed by atoms with van der Waals surface area (Å²) in [4.78, 5) is 2.23. The molecule has 0 N–H and O–H groups in total. The molecule has 0 bridgehead atoms. The third kappa shape index (κ3) is 4.48. The van der Waals surface area contributed by atoms with Gasteiger partial charge in [-0.2, -0.15) is 4.68 Å². The molecule has 0 radical (unpaired) electrons. The van der Waals surface area contributed by atoms with Gasteiger partial charge in [0, 0.05) is 12.6 Å². The first-order chi connectivity index (χ1) is 15.6. The Hall–Kier alpha value is -3.71. The quantitative estimate of drug-likeness (QED) is 0.418. The van der Waals surface area contributed by atoms with Gasteiger partial charge in [-0.15, -0.1) is 5.10 Å². The van der Waals surface area contributed by atoms with E-state index in [1.165, 1.54) is 0 Å². The summed E-state index contributed by atoms with van der Waals surface area (Å²) in [5.74, 6) is 2.27. The molecule has 7 heteroatoms. The largest absolute Gasteiger partial charge is 0.497 e. The normalized spacial score (nSPS) is 12.0. The first-order valence-corrected chi connectivity index (χ1v) is 10.4. The SMILES string of the molecule is COc1cc(CN(C)[C@@H](c2ccccc2)c2nnnn2-c2ccccc2C)cc(OC)c1. The molecule has 32 heavy (non-hydrogen) atoms. The van der Waals surface area contributed by atoms with Crippen molar-refractivity contribution in [2.75, 3.05) is 21.3 Å². The third-order valence-electron chi connectivity index (χ3n) is 5.48. The van der Waals surface area contributed by atoms with Crippen LogP contribution in [0.15, 0.2) is 72.8 Å². The Morgan fingerprint density at radius 2 is 1.56 bits per heavy atom. The minimum absolute atomic E-state index is 0.164. The molecule has 1 aromatic heterocycles. The number of hydrogen-bond donors (Lipinski definition) is 0. The summed E-state index contributed by atoms with van der Waals surface area (Å²) >= 11 is 0. The van der Waals surface area contributed by atoms with Gasteiger partial charge in [-0.3, -0.25) is 4.90 Å². The smallest absolute Gasteiger partial charge is 0.178 e. The molecule has 0 spiro atoms. The van der Waals surface area contributed by atoms with Gasteiger partial charge in [-0.1, -0.05) is 48.5 Å². The van der Waals surface area contributed by atoms with Crippen molar-refractivity contribution in [1.29, 1.82) is 0 Å². The number of tetrazole rings is 1. The maximum absolute atomic E-state index is 5.45. The van der Waals surface area contributed by atoms with E-state index in [4.69, 9.17) is 9.47 Å². The summed E-state index contributed by atoms with van der Waals surface area (Å²) in [5, 5.41) is 12.8. The van der Waals surface area contributed by atoms with Crippen LogP contribution in [0.25, 0.3) is 5.69 Å². The number of rotatable bonds is 8. The number of aromatic nitrogens is 4. The lowest BCUT2D eigenvalue weighted by atomic mass is 10.0.